The molecule has 2 aromatic rings. The number of nitrogen functional groups attached to an aromatic ring is 1. The molecule has 0 radical (unpaired) electrons. The fourth-order valence-corrected chi connectivity index (χ4v) is 1.78. The zero-order valence-electron chi connectivity index (χ0n) is 10.7. The van der Waals surface area contributed by atoms with Crippen molar-refractivity contribution in [3.8, 4) is 0 Å². The first-order valence-electron chi connectivity index (χ1n) is 5.61. The van der Waals surface area contributed by atoms with E-state index < -0.39 is 0 Å². The summed E-state index contributed by atoms with van der Waals surface area (Å²) in [6.45, 7) is 3.95. The summed E-state index contributed by atoms with van der Waals surface area (Å²) in [5.41, 5.74) is 7.24. The van der Waals surface area contributed by atoms with Crippen molar-refractivity contribution in [3.63, 3.8) is 0 Å². The number of nitrogens with zero attached hydrogens (tertiary/aromatic N) is 2. The zero-order chi connectivity index (χ0) is 13.3. The molecule has 96 valence electrons. The van der Waals surface area contributed by atoms with Crippen LogP contribution in [0.5, 0.6) is 0 Å². The van der Waals surface area contributed by atoms with Crippen LogP contribution in [0, 0.1) is 13.8 Å². The molecule has 6 heteroatoms. The van der Waals surface area contributed by atoms with Gasteiger partial charge in [0.15, 0.2) is 0 Å². The third-order valence-electron chi connectivity index (χ3n) is 2.70. The molecule has 0 saturated heterocycles. The van der Waals surface area contributed by atoms with Crippen molar-refractivity contribution in [3.05, 3.63) is 35.0 Å². The molecule has 2 aromatic heterocycles. The Morgan fingerprint density at radius 2 is 2.22 bits per heavy atom. The highest BCUT2D eigenvalue weighted by Crippen LogP contribution is 2.15. The number of hydrogen-bond donors (Lipinski definition) is 2. The maximum Gasteiger partial charge on any atom is 0.272 e. The molecular weight excluding hydrogens is 232 g/mol. The van der Waals surface area contributed by atoms with Crippen molar-refractivity contribution >= 4 is 11.6 Å². The number of amides is 1. The lowest BCUT2D eigenvalue weighted by molar-refractivity contribution is 0.0939. The van der Waals surface area contributed by atoms with Crippen molar-refractivity contribution in [1.82, 2.24) is 15.1 Å². The Kier molecular flexibility index (Phi) is 3.10. The molecule has 2 rings (SSSR count). The summed E-state index contributed by atoms with van der Waals surface area (Å²) in [5, 5.41) is 6.85. The number of aryl methyl sites for hydroxylation is 3. The minimum Gasteiger partial charge on any atom is -0.465 e. The van der Waals surface area contributed by atoms with E-state index in [1.165, 1.54) is 4.68 Å². The van der Waals surface area contributed by atoms with Crippen molar-refractivity contribution in [2.45, 2.75) is 20.4 Å². The van der Waals surface area contributed by atoms with Crippen molar-refractivity contribution in [2.75, 3.05) is 5.73 Å². The Bertz CT molecular complexity index is 583. The van der Waals surface area contributed by atoms with Crippen LogP contribution in [0.1, 0.15) is 27.7 Å². The van der Waals surface area contributed by atoms with Gasteiger partial charge in [0.2, 0.25) is 0 Å². The van der Waals surface area contributed by atoms with Gasteiger partial charge in [0.05, 0.1) is 17.9 Å². The van der Waals surface area contributed by atoms with Crippen LogP contribution in [0.3, 0.4) is 0 Å². The highest BCUT2D eigenvalue weighted by Gasteiger charge is 2.17. The number of furan rings is 1. The molecule has 0 aromatic carbocycles. The van der Waals surface area contributed by atoms with Gasteiger partial charge < -0.3 is 15.5 Å². The Morgan fingerprint density at radius 1 is 1.50 bits per heavy atom. The monoisotopic (exact) mass is 248 g/mol. The normalized spacial score (nSPS) is 10.6. The van der Waals surface area contributed by atoms with Gasteiger partial charge >= 0.3 is 0 Å². The van der Waals surface area contributed by atoms with Crippen molar-refractivity contribution in [2.24, 2.45) is 7.05 Å². The van der Waals surface area contributed by atoms with Gasteiger partial charge in [-0.15, -0.1) is 0 Å². The quantitative estimate of drug-likeness (QED) is 0.852. The van der Waals surface area contributed by atoms with Gasteiger partial charge in [-0.2, -0.15) is 5.10 Å². The summed E-state index contributed by atoms with van der Waals surface area (Å²) in [6, 6.07) is 3.68. The van der Waals surface area contributed by atoms with Gasteiger partial charge in [-0.3, -0.25) is 9.48 Å². The Hall–Kier alpha value is -2.24. The number of anilines is 1. The minimum absolute atomic E-state index is 0.260. The fourth-order valence-electron chi connectivity index (χ4n) is 1.78. The number of rotatable bonds is 3. The summed E-state index contributed by atoms with van der Waals surface area (Å²) in [7, 11) is 1.69. The molecule has 0 bridgehead atoms. The molecule has 0 aliphatic rings. The van der Waals surface area contributed by atoms with E-state index in [1.54, 1.807) is 14.0 Å². The predicted octanol–water partition coefficient (Wildman–Crippen LogP) is 1.14. The van der Waals surface area contributed by atoms with Gasteiger partial charge in [-0.05, 0) is 26.0 Å². The topological polar surface area (TPSA) is 86.1 Å². The first-order valence-corrected chi connectivity index (χ1v) is 5.61. The van der Waals surface area contributed by atoms with Crippen LogP contribution >= 0.6 is 0 Å². The van der Waals surface area contributed by atoms with E-state index in [0.29, 0.717) is 29.4 Å². The predicted molar refractivity (Wildman–Crippen MR) is 67.0 cm³/mol. The highest BCUT2D eigenvalue weighted by molar-refractivity contribution is 5.97. The standard InChI is InChI=1S/C12H16N4O2/c1-7-4-5-9(18-7)6-14-12(17)11-10(13)8(2)15-16(11)3/h4-5H,6,13H2,1-3H3,(H,14,17). The molecule has 1 amide bonds. The van der Waals surface area contributed by atoms with Gasteiger partial charge in [0.25, 0.3) is 5.91 Å². The molecule has 0 aliphatic heterocycles. The smallest absolute Gasteiger partial charge is 0.272 e. The molecule has 0 spiro atoms. The van der Waals surface area contributed by atoms with Crippen molar-refractivity contribution in [1.29, 1.82) is 0 Å². The molecule has 0 unspecified atom stereocenters. The van der Waals surface area contributed by atoms with E-state index in [-0.39, 0.29) is 5.91 Å². The summed E-state index contributed by atoms with van der Waals surface area (Å²) < 4.78 is 6.85. The van der Waals surface area contributed by atoms with Crippen LogP contribution in [-0.4, -0.2) is 15.7 Å². The summed E-state index contributed by atoms with van der Waals surface area (Å²) >= 11 is 0. The van der Waals surface area contributed by atoms with Crippen LogP contribution in [0.15, 0.2) is 16.5 Å². The third kappa shape index (κ3) is 2.22. The van der Waals surface area contributed by atoms with E-state index in [2.05, 4.69) is 10.4 Å². The average molecular weight is 248 g/mol. The lowest BCUT2D eigenvalue weighted by Gasteiger charge is -2.04. The first kappa shape index (κ1) is 12.2. The largest absolute Gasteiger partial charge is 0.465 e. The van der Waals surface area contributed by atoms with E-state index in [0.717, 1.165) is 5.76 Å². The number of hydrogen-bond acceptors (Lipinski definition) is 4. The molecule has 6 nitrogen and oxygen atoms in total. The molecule has 2 heterocycles. The van der Waals surface area contributed by atoms with E-state index in [9.17, 15) is 4.79 Å². The Labute approximate surface area is 105 Å². The van der Waals surface area contributed by atoms with Crippen LogP contribution in [-0.2, 0) is 13.6 Å². The summed E-state index contributed by atoms with van der Waals surface area (Å²) in [4.78, 5) is 12.0. The lowest BCUT2D eigenvalue weighted by atomic mass is 10.3. The number of nitrogens with one attached hydrogen (secondary N) is 1. The van der Waals surface area contributed by atoms with Gasteiger partial charge in [-0.1, -0.05) is 0 Å². The first-order chi connectivity index (χ1) is 8.49. The number of carbonyl (C=O) groups is 1. The highest BCUT2D eigenvalue weighted by atomic mass is 16.3. The number of carbonyl (C=O) groups excluding carboxylic acids is 1. The second-order valence-corrected chi connectivity index (χ2v) is 4.17. The fraction of sp³-hybridized carbons (Fsp3) is 0.333. The van der Waals surface area contributed by atoms with Crippen LogP contribution in [0.4, 0.5) is 5.69 Å². The average Bonchev–Trinajstić information content (AvgIpc) is 2.82. The Morgan fingerprint density at radius 3 is 2.72 bits per heavy atom. The van der Waals surface area contributed by atoms with Crippen LogP contribution < -0.4 is 11.1 Å². The SMILES string of the molecule is Cc1ccc(CNC(=O)c2c(N)c(C)nn2C)o1. The van der Waals surface area contributed by atoms with Gasteiger partial charge in [0.1, 0.15) is 17.2 Å². The van der Waals surface area contributed by atoms with Gasteiger partial charge in [0, 0.05) is 7.05 Å². The Balaban J connectivity index is 2.08. The second kappa shape index (κ2) is 4.56. The molecule has 0 fully saturated rings. The molecule has 0 saturated carbocycles. The van der Waals surface area contributed by atoms with Crippen LogP contribution in [0.2, 0.25) is 0 Å². The second-order valence-electron chi connectivity index (χ2n) is 4.17. The van der Waals surface area contributed by atoms with Crippen molar-refractivity contribution < 1.29 is 9.21 Å². The molecular formula is C12H16N4O2. The number of nitrogens with two attached hydrogens (primary N) is 1. The lowest BCUT2D eigenvalue weighted by Crippen LogP contribution is -2.25. The maximum absolute atomic E-state index is 12.0. The van der Waals surface area contributed by atoms with E-state index in [1.807, 2.05) is 19.1 Å². The minimum atomic E-state index is -0.260. The van der Waals surface area contributed by atoms with Crippen LogP contribution in [0.25, 0.3) is 0 Å². The van der Waals surface area contributed by atoms with Gasteiger partial charge in [-0.25, -0.2) is 0 Å². The molecule has 3 N–H and O–H groups in total. The molecule has 18 heavy (non-hydrogen) atoms. The maximum atomic E-state index is 12.0. The van der Waals surface area contributed by atoms with E-state index in [4.69, 9.17) is 10.2 Å². The molecule has 0 aliphatic carbocycles. The summed E-state index contributed by atoms with van der Waals surface area (Å²) in [6.07, 6.45) is 0. The van der Waals surface area contributed by atoms with E-state index >= 15 is 0 Å². The zero-order valence-corrected chi connectivity index (χ0v) is 10.7. The molecule has 0 atom stereocenters. The third-order valence-corrected chi connectivity index (χ3v) is 2.70. The number of aromatic nitrogens is 2. The summed E-state index contributed by atoms with van der Waals surface area (Å²) in [5.74, 6) is 1.26.